The van der Waals surface area contributed by atoms with Crippen LogP contribution in [0.1, 0.15) is 34.7 Å². The molecule has 1 aliphatic heterocycles. The van der Waals surface area contributed by atoms with Gasteiger partial charge in [-0.05, 0) is 44.5 Å². The number of amides is 2. The van der Waals surface area contributed by atoms with Gasteiger partial charge in [0.2, 0.25) is 15.9 Å². The number of aryl methyl sites for hydroxylation is 2. The zero-order chi connectivity index (χ0) is 22.6. The number of hydrogen-bond donors (Lipinski definition) is 1. The Morgan fingerprint density at radius 2 is 1.84 bits per heavy atom. The molecular weight excluding hydrogens is 444 g/mol. The number of halogens is 1. The summed E-state index contributed by atoms with van der Waals surface area (Å²) in [4.78, 5) is 26.4. The summed E-state index contributed by atoms with van der Waals surface area (Å²) in [6, 6.07) is 6.48. The van der Waals surface area contributed by atoms with E-state index in [0.717, 1.165) is 0 Å². The third-order valence-corrected chi connectivity index (χ3v) is 7.50. The van der Waals surface area contributed by atoms with E-state index < -0.39 is 10.0 Å². The van der Waals surface area contributed by atoms with E-state index in [1.165, 1.54) is 4.31 Å². The molecule has 9 nitrogen and oxygen atoms in total. The van der Waals surface area contributed by atoms with E-state index in [-0.39, 0.29) is 48.5 Å². The number of nitrogens with one attached hydrogen (secondary N) is 1. The number of benzene rings is 1. The van der Waals surface area contributed by atoms with Crippen molar-refractivity contribution >= 4 is 33.4 Å². The Kier molecular flexibility index (Phi) is 7.34. The van der Waals surface area contributed by atoms with Crippen molar-refractivity contribution < 1.29 is 22.5 Å². The molecule has 1 saturated heterocycles. The molecule has 0 radical (unpaired) electrons. The lowest BCUT2D eigenvalue weighted by Gasteiger charge is -2.22. The second-order valence-electron chi connectivity index (χ2n) is 7.30. The fraction of sp³-hybridized carbons (Fsp3) is 0.450. The first kappa shape index (κ1) is 23.2. The molecule has 1 N–H and O–H groups in total. The first-order valence-corrected chi connectivity index (χ1v) is 11.8. The molecule has 0 bridgehead atoms. The Balaban J connectivity index is 1.52. The lowest BCUT2D eigenvalue weighted by molar-refractivity contribution is -0.130. The standard InChI is InChI=1S/C20H25ClN4O5S/c1-14-19(15(2)30-23-14)31(28,29)25-11-3-10-24(12-13-25)18(26)8-9-22-20(27)16-4-6-17(21)7-5-16/h4-7H,3,8-13H2,1-2H3,(H,22,27). The normalized spacial score (nSPS) is 15.5. The molecule has 1 fully saturated rings. The van der Waals surface area contributed by atoms with Gasteiger partial charge in [-0.3, -0.25) is 9.59 Å². The van der Waals surface area contributed by atoms with Crippen LogP contribution >= 0.6 is 11.6 Å². The SMILES string of the molecule is Cc1noc(C)c1S(=O)(=O)N1CCCN(C(=O)CCNC(=O)c2ccc(Cl)cc2)CC1. The summed E-state index contributed by atoms with van der Waals surface area (Å²) in [5.41, 5.74) is 0.790. The average molecular weight is 469 g/mol. The lowest BCUT2D eigenvalue weighted by Crippen LogP contribution is -2.38. The van der Waals surface area contributed by atoms with E-state index in [4.69, 9.17) is 16.1 Å². The fourth-order valence-electron chi connectivity index (χ4n) is 3.50. The maximum absolute atomic E-state index is 13.0. The van der Waals surface area contributed by atoms with Crippen LogP contribution in [0.3, 0.4) is 0 Å². The molecular formula is C20H25ClN4O5S. The van der Waals surface area contributed by atoms with Crippen LogP contribution < -0.4 is 5.32 Å². The Labute approximate surface area is 186 Å². The largest absolute Gasteiger partial charge is 0.360 e. The summed E-state index contributed by atoms with van der Waals surface area (Å²) in [5, 5.41) is 6.99. The Morgan fingerprint density at radius 3 is 2.48 bits per heavy atom. The minimum absolute atomic E-state index is 0.0946. The van der Waals surface area contributed by atoms with Crippen LogP contribution in [0.15, 0.2) is 33.7 Å². The van der Waals surface area contributed by atoms with E-state index in [0.29, 0.717) is 35.8 Å². The molecule has 1 aromatic heterocycles. The van der Waals surface area contributed by atoms with Gasteiger partial charge < -0.3 is 14.7 Å². The van der Waals surface area contributed by atoms with Crippen molar-refractivity contribution in [3.05, 3.63) is 46.3 Å². The molecule has 3 rings (SSSR count). The van der Waals surface area contributed by atoms with Gasteiger partial charge in [0, 0.05) is 49.7 Å². The molecule has 0 unspecified atom stereocenters. The van der Waals surface area contributed by atoms with E-state index in [1.54, 1.807) is 43.0 Å². The maximum Gasteiger partial charge on any atom is 0.251 e. The van der Waals surface area contributed by atoms with E-state index >= 15 is 0 Å². The van der Waals surface area contributed by atoms with Crippen molar-refractivity contribution in [1.29, 1.82) is 0 Å². The fourth-order valence-corrected chi connectivity index (χ4v) is 5.39. The van der Waals surface area contributed by atoms with Crippen molar-refractivity contribution in [2.24, 2.45) is 0 Å². The highest BCUT2D eigenvalue weighted by Crippen LogP contribution is 2.24. The van der Waals surface area contributed by atoms with Gasteiger partial charge in [0.15, 0.2) is 5.76 Å². The van der Waals surface area contributed by atoms with Gasteiger partial charge in [-0.1, -0.05) is 16.8 Å². The van der Waals surface area contributed by atoms with Crippen LogP contribution in [0.4, 0.5) is 0 Å². The summed E-state index contributed by atoms with van der Waals surface area (Å²) in [5.74, 6) is -0.156. The molecule has 0 atom stereocenters. The van der Waals surface area contributed by atoms with Crippen LogP contribution in [0, 0.1) is 13.8 Å². The Morgan fingerprint density at radius 1 is 1.13 bits per heavy atom. The summed E-state index contributed by atoms with van der Waals surface area (Å²) >= 11 is 5.81. The number of sulfonamides is 1. The Hall–Kier alpha value is -2.43. The van der Waals surface area contributed by atoms with Gasteiger partial charge in [0.25, 0.3) is 5.91 Å². The van der Waals surface area contributed by atoms with Crippen LogP contribution in [-0.2, 0) is 14.8 Å². The zero-order valence-corrected chi connectivity index (χ0v) is 19.0. The molecule has 168 valence electrons. The highest BCUT2D eigenvalue weighted by atomic mass is 35.5. The quantitative estimate of drug-likeness (QED) is 0.693. The molecule has 2 heterocycles. The predicted octanol–water partition coefficient (Wildman–Crippen LogP) is 1.99. The molecule has 31 heavy (non-hydrogen) atoms. The van der Waals surface area contributed by atoms with Crippen LogP contribution in [0.25, 0.3) is 0 Å². The summed E-state index contributed by atoms with van der Waals surface area (Å²) in [6.07, 6.45) is 0.654. The molecule has 0 aliphatic carbocycles. The van der Waals surface area contributed by atoms with Crippen molar-refractivity contribution in [2.45, 2.75) is 31.6 Å². The van der Waals surface area contributed by atoms with Gasteiger partial charge in [0.05, 0.1) is 0 Å². The molecule has 11 heteroatoms. The van der Waals surface area contributed by atoms with Crippen molar-refractivity contribution in [1.82, 2.24) is 19.7 Å². The molecule has 0 saturated carbocycles. The maximum atomic E-state index is 13.0. The highest BCUT2D eigenvalue weighted by Gasteiger charge is 2.32. The highest BCUT2D eigenvalue weighted by molar-refractivity contribution is 7.89. The van der Waals surface area contributed by atoms with Gasteiger partial charge in [-0.2, -0.15) is 4.31 Å². The third kappa shape index (κ3) is 5.44. The second kappa shape index (κ2) is 9.80. The molecule has 2 amide bonds. The average Bonchev–Trinajstić information content (AvgIpc) is 2.93. The minimum Gasteiger partial charge on any atom is -0.360 e. The van der Waals surface area contributed by atoms with Crippen molar-refractivity contribution in [2.75, 3.05) is 32.7 Å². The van der Waals surface area contributed by atoms with E-state index in [1.807, 2.05) is 0 Å². The van der Waals surface area contributed by atoms with Crippen molar-refractivity contribution in [3.63, 3.8) is 0 Å². The first-order chi connectivity index (χ1) is 14.7. The number of nitrogens with zero attached hydrogens (tertiary/aromatic N) is 3. The molecule has 2 aromatic rings. The lowest BCUT2D eigenvalue weighted by atomic mass is 10.2. The summed E-state index contributed by atoms with van der Waals surface area (Å²) < 4.78 is 32.4. The number of aromatic nitrogens is 1. The monoisotopic (exact) mass is 468 g/mol. The smallest absolute Gasteiger partial charge is 0.251 e. The summed E-state index contributed by atoms with van der Waals surface area (Å²) in [7, 11) is -3.74. The van der Waals surface area contributed by atoms with Gasteiger partial charge in [0.1, 0.15) is 10.6 Å². The van der Waals surface area contributed by atoms with Gasteiger partial charge in [-0.25, -0.2) is 8.42 Å². The van der Waals surface area contributed by atoms with Gasteiger partial charge in [-0.15, -0.1) is 0 Å². The number of carbonyl (C=O) groups is 2. The second-order valence-corrected chi connectivity index (χ2v) is 9.62. The first-order valence-electron chi connectivity index (χ1n) is 9.94. The molecule has 0 spiro atoms. The zero-order valence-electron chi connectivity index (χ0n) is 17.4. The summed E-state index contributed by atoms with van der Waals surface area (Å²) in [6.45, 7) is 4.59. The number of hydrogen-bond acceptors (Lipinski definition) is 6. The Bertz CT molecular complexity index is 1030. The van der Waals surface area contributed by atoms with E-state index in [2.05, 4.69) is 10.5 Å². The topological polar surface area (TPSA) is 113 Å². The molecule has 1 aliphatic rings. The third-order valence-electron chi connectivity index (χ3n) is 5.10. The van der Waals surface area contributed by atoms with E-state index in [9.17, 15) is 18.0 Å². The predicted molar refractivity (Wildman–Crippen MR) is 114 cm³/mol. The van der Waals surface area contributed by atoms with Crippen LogP contribution in [0.5, 0.6) is 0 Å². The van der Waals surface area contributed by atoms with Crippen LogP contribution in [0.2, 0.25) is 5.02 Å². The number of rotatable bonds is 6. The van der Waals surface area contributed by atoms with Crippen LogP contribution in [-0.4, -0.2) is 67.3 Å². The minimum atomic E-state index is -3.74. The van der Waals surface area contributed by atoms with Crippen molar-refractivity contribution in [3.8, 4) is 0 Å². The van der Waals surface area contributed by atoms with Gasteiger partial charge >= 0.3 is 0 Å². The number of carbonyl (C=O) groups excluding carboxylic acids is 2. The molecule has 1 aromatic carbocycles.